The number of hydrogen-bond acceptors (Lipinski definition) is 14. The first kappa shape index (κ1) is 95.7. The van der Waals surface area contributed by atoms with E-state index in [0.717, 1.165) is 159 Å². The monoisotopic (exact) mass is 1910 g/mol. The molecule has 4 aromatic heterocycles. The van der Waals surface area contributed by atoms with Gasteiger partial charge in [-0.3, -0.25) is 0 Å². The molecule has 698 valence electrons. The summed E-state index contributed by atoms with van der Waals surface area (Å²) in [5, 5.41) is 54.5. The highest BCUT2D eigenvalue weighted by atomic mass is 32.2. The van der Waals surface area contributed by atoms with Crippen LogP contribution in [-0.4, -0.2) is 99.3 Å². The quantitative estimate of drug-likeness (QED) is 0.0298. The number of nitriles is 1. The van der Waals surface area contributed by atoms with E-state index in [9.17, 15) is 28.9 Å². The summed E-state index contributed by atoms with van der Waals surface area (Å²) in [4.78, 5) is 6.16. The maximum Gasteiger partial charge on any atom is 0.324 e. The summed E-state index contributed by atoms with van der Waals surface area (Å²) < 4.78 is 62.7. The molecule has 0 fully saturated rings. The van der Waals surface area contributed by atoms with Crippen LogP contribution in [0.15, 0.2) is 340 Å². The predicted molar refractivity (Wildman–Crippen MR) is 581 cm³/mol. The van der Waals surface area contributed by atoms with Crippen LogP contribution < -0.4 is 53.4 Å². The molecule has 0 spiro atoms. The van der Waals surface area contributed by atoms with E-state index in [1.54, 1.807) is 47.4 Å². The lowest BCUT2D eigenvalue weighted by Gasteiger charge is -2.09. The van der Waals surface area contributed by atoms with Crippen molar-refractivity contribution in [3.63, 3.8) is 0 Å². The van der Waals surface area contributed by atoms with Gasteiger partial charge in [-0.1, -0.05) is 223 Å². The number of anilines is 1. The van der Waals surface area contributed by atoms with Crippen molar-refractivity contribution in [3.05, 3.63) is 389 Å². The number of nitrogen functional groups attached to an aromatic ring is 1. The zero-order valence-electron chi connectivity index (χ0n) is 79.5. The summed E-state index contributed by atoms with van der Waals surface area (Å²) in [5.41, 5.74) is 35.3. The Bertz CT molecular complexity index is 7700. The van der Waals surface area contributed by atoms with Crippen LogP contribution in [0.4, 0.5) is 14.5 Å². The third-order valence-corrected chi connectivity index (χ3v) is 31.0. The van der Waals surface area contributed by atoms with E-state index in [4.69, 9.17) is 34.4 Å². The molecule has 0 radical (unpaired) electrons. The fraction of sp³-hybridized carbons (Fsp3) is 0.184. The molecule has 0 saturated heterocycles. The second-order valence-corrected chi connectivity index (χ2v) is 40.6. The molecule has 18 aromatic rings. The first-order valence-electron chi connectivity index (χ1n) is 48.6. The maximum atomic E-state index is 14.0. The molecule has 0 amide bonds. The van der Waals surface area contributed by atoms with Crippen LogP contribution >= 0.6 is 35.3 Å². The highest BCUT2D eigenvalue weighted by molar-refractivity contribution is 8.00. The Morgan fingerprint density at radius 3 is 1.30 bits per heavy atom. The van der Waals surface area contributed by atoms with Gasteiger partial charge in [0.15, 0.2) is 11.5 Å². The summed E-state index contributed by atoms with van der Waals surface area (Å²) >= 11 is 5.31. The maximum absolute atomic E-state index is 14.0. The summed E-state index contributed by atoms with van der Waals surface area (Å²) in [5.74, 6) is 2.03. The SMILES string of the molecule is CB1OCc2cc(F)c(CCc3ccccc3)cc21.CB1OCc2cc(F)c(N)cc21.CB1OCc2cc3c(cc21)OCO3.Cc1ccc2c(c1)c(Sc1ccccc1)cn2-c1ccc2c(c1)B(O)CC2.Cc1ccc2c(ccn2-c2ccc3c(c2)B(O)CC3)c1.N#CCCSc1cn(-c2ccc3c(c2)B(O)CC3)c2ccccc12.OB1CCc2ccc(-n3cc(Sc4ccccc4)c4ccccc43)cc21. The number of halogens is 2. The third kappa shape index (κ3) is 21.1. The number of hydrogen-bond donors (Lipinski definition) is 5. The molecule has 15 nitrogen and oxygen atoms in total. The molecule has 0 atom stereocenters. The number of aryl methyl sites for hydroxylation is 8. The lowest BCUT2D eigenvalue weighted by molar-refractivity contribution is 0.174. The van der Waals surface area contributed by atoms with Gasteiger partial charge in [-0.25, -0.2) is 8.78 Å². The largest absolute Gasteiger partial charge is 0.454 e. The van der Waals surface area contributed by atoms with E-state index in [0.29, 0.717) is 33.0 Å². The van der Waals surface area contributed by atoms with Crippen molar-refractivity contribution in [2.45, 2.75) is 149 Å². The van der Waals surface area contributed by atoms with Crippen LogP contribution in [-0.2, 0) is 72.3 Å². The molecule has 0 saturated carbocycles. The minimum atomic E-state index is -0.355. The number of thioether (sulfide) groups is 1. The van der Waals surface area contributed by atoms with E-state index < -0.39 is 0 Å². The number of para-hydroxylation sites is 2. The van der Waals surface area contributed by atoms with Crippen LogP contribution in [0.3, 0.4) is 0 Å². The molecule has 141 heavy (non-hydrogen) atoms. The van der Waals surface area contributed by atoms with Crippen molar-refractivity contribution in [2.24, 2.45) is 0 Å². The highest BCUT2D eigenvalue weighted by Gasteiger charge is 2.33. The van der Waals surface area contributed by atoms with Gasteiger partial charge in [0.2, 0.25) is 6.79 Å². The Morgan fingerprint density at radius 2 is 0.794 bits per heavy atom. The average molecular weight is 1910 g/mol. The summed E-state index contributed by atoms with van der Waals surface area (Å²) in [6.45, 7) is 11.3. The van der Waals surface area contributed by atoms with E-state index in [1.807, 2.05) is 81.1 Å². The van der Waals surface area contributed by atoms with Crippen molar-refractivity contribution in [3.8, 4) is 40.3 Å². The fourth-order valence-corrected chi connectivity index (χ4v) is 23.1. The molecular weight excluding hydrogens is 1810 g/mol. The molecule has 14 aromatic carbocycles. The van der Waals surface area contributed by atoms with Gasteiger partial charge in [-0.15, -0.1) is 11.8 Å². The third-order valence-electron chi connectivity index (χ3n) is 27.9. The zero-order chi connectivity index (χ0) is 96.9. The fourth-order valence-electron chi connectivity index (χ4n) is 20.2. The average Bonchev–Trinajstić information content (AvgIpc) is 1.62. The second kappa shape index (κ2) is 43.0. The minimum absolute atomic E-state index is 0.0444. The molecule has 26 rings (SSSR count). The number of benzene rings is 14. The van der Waals surface area contributed by atoms with Gasteiger partial charge in [0.25, 0.3) is 0 Å². The van der Waals surface area contributed by atoms with Gasteiger partial charge in [0.05, 0.1) is 53.6 Å². The number of nitrogens with zero attached hydrogens (tertiary/aromatic N) is 5. The van der Waals surface area contributed by atoms with Gasteiger partial charge >= 0.3 is 48.4 Å². The Kier molecular flexibility index (Phi) is 29.2. The van der Waals surface area contributed by atoms with E-state index in [2.05, 4.69) is 275 Å². The molecule has 27 heteroatoms. The van der Waals surface area contributed by atoms with Crippen LogP contribution in [0.1, 0.15) is 67.6 Å². The van der Waals surface area contributed by atoms with E-state index >= 15 is 0 Å². The van der Waals surface area contributed by atoms with E-state index in [1.165, 1.54) is 119 Å². The van der Waals surface area contributed by atoms with E-state index in [-0.39, 0.29) is 65.7 Å². The van der Waals surface area contributed by atoms with Gasteiger partial charge < -0.3 is 67.5 Å². The molecular formula is C114H105B7F2N6O9S3. The van der Waals surface area contributed by atoms with Crippen molar-refractivity contribution >= 4 is 171 Å². The van der Waals surface area contributed by atoms with Gasteiger partial charge in [0, 0.05) is 106 Å². The number of rotatable bonds is 14. The molecule has 6 N–H and O–H groups in total. The number of fused-ring (bicyclic) bond motifs is 12. The van der Waals surface area contributed by atoms with Crippen molar-refractivity contribution in [1.82, 2.24) is 18.3 Å². The molecule has 0 bridgehead atoms. The van der Waals surface area contributed by atoms with Crippen LogP contribution in [0.2, 0.25) is 45.7 Å². The Balaban J connectivity index is 0.000000102. The lowest BCUT2D eigenvalue weighted by atomic mass is 9.63. The first-order valence-corrected chi connectivity index (χ1v) is 51.2. The number of ether oxygens (including phenoxy) is 2. The van der Waals surface area contributed by atoms with Gasteiger partial charge in [-0.05, 0) is 289 Å². The highest BCUT2D eigenvalue weighted by Crippen LogP contribution is 2.41. The Labute approximate surface area is 837 Å². The molecule has 8 aliphatic heterocycles. The predicted octanol–water partition coefficient (Wildman–Crippen LogP) is 19.9. The van der Waals surface area contributed by atoms with Crippen LogP contribution in [0, 0.1) is 36.8 Å². The van der Waals surface area contributed by atoms with Crippen molar-refractivity contribution in [1.29, 1.82) is 5.26 Å². The summed E-state index contributed by atoms with van der Waals surface area (Å²) in [6.07, 6.45) is 18.1. The number of nitrogens with two attached hydrogens (primary N) is 1. The standard InChI is InChI=1S/C23H20BNOS.C22H18BNOS.C19H17BN2OS.C17H16BNO.C16H16BFO.C9H9BO3.C8H9BFNO/c1-16-7-10-22-20(13-16)23(27-19-5-3-2-4-6-19)15-25(22)18-9-8-17-11-12-24(26)21(17)14-18;25-23-13-12-16-10-11-17(14-20(16)23)24-15-22(19-8-4-5-9-21(19)24)26-18-6-2-1-3-7-18;21-10-3-11-24-19-13-22(18-5-2-1-4-16(18)19)15-7-6-14-8-9-20(23)17(14)12-15;1-12-2-5-17-14(10-12)7-9-19(17)15-4-3-13-6-8-18(20)16(13)11-15;1-17-15-9-13(16(18)10-14(15)11-19-17)8-7-12-5-3-2-4-6-12;1-10-7-3-9-8(11-5-12-9)2-6(7)4-13-10;1-9-6-3-8(11)7(10)2-5(6)4-12-9/h2-10,13-15,26H,11-12H2,1H3;1-11,14-15,25H,12-13H2;1-2,4-7,12-13,23H,3,8-9,11H2;2-5,7,9-11,20H,6,8H2,1H3;2-6,9-10H,7-8,11H2,1H3;2-3H,4-5H2,1H3;2-3H,4,11H2,1H3. The van der Waals surface area contributed by atoms with Crippen molar-refractivity contribution < 1.29 is 52.3 Å². The first-order chi connectivity index (χ1) is 68.7. The van der Waals surface area contributed by atoms with Crippen LogP contribution in [0.25, 0.3) is 66.4 Å². The van der Waals surface area contributed by atoms with Crippen LogP contribution in [0.5, 0.6) is 11.5 Å². The molecule has 0 unspecified atom stereocenters. The molecule has 0 aliphatic carbocycles. The normalized spacial score (nSPS) is 14.0. The zero-order valence-corrected chi connectivity index (χ0v) is 82.0. The molecule has 8 aliphatic rings. The molecule has 12 heterocycles. The summed E-state index contributed by atoms with van der Waals surface area (Å²) in [6, 6.07) is 102. The summed E-state index contributed by atoms with van der Waals surface area (Å²) in [7, 11) is 0. The van der Waals surface area contributed by atoms with Gasteiger partial charge in [-0.2, -0.15) is 5.26 Å². The second-order valence-electron chi connectivity index (χ2n) is 37.2. The van der Waals surface area contributed by atoms with Crippen molar-refractivity contribution in [2.75, 3.05) is 18.3 Å². The minimum Gasteiger partial charge on any atom is -0.454 e. The lowest BCUT2D eigenvalue weighted by Crippen LogP contribution is -2.26. The van der Waals surface area contributed by atoms with Gasteiger partial charge in [0.1, 0.15) is 11.6 Å². The smallest absolute Gasteiger partial charge is 0.324 e. The topological polar surface area (TPSA) is 197 Å². The number of aromatic nitrogens is 4. The Morgan fingerprint density at radius 1 is 0.383 bits per heavy atom. The Hall–Kier alpha value is -12.8.